The van der Waals surface area contributed by atoms with Crippen LogP contribution in [-0.4, -0.2) is 158 Å². The first kappa shape index (κ1) is 72.5. The zero-order valence-corrected chi connectivity index (χ0v) is 54.8. The largest absolute Gasteiger partial charge is 0.507 e. The number of nitrogens with one attached hydrogen (secondary N) is 1. The molecule has 8 rings (SSSR count). The number of alkyl carbamates (subject to hydrolysis) is 1. The minimum atomic E-state index is -1.77. The van der Waals surface area contributed by atoms with Gasteiger partial charge in [0.2, 0.25) is 5.91 Å². The number of aliphatic hydroxyl groups excluding tert-OH is 5. The lowest BCUT2D eigenvalue weighted by Crippen LogP contribution is -2.63. The van der Waals surface area contributed by atoms with Crippen molar-refractivity contribution in [3.8, 4) is 17.2 Å². The molecule has 3 amide bonds. The first-order chi connectivity index (χ1) is 42.0. The lowest BCUT2D eigenvalue weighted by Gasteiger charge is -2.42. The number of aliphatic hydroxyl groups is 6. The highest BCUT2D eigenvalue weighted by Gasteiger charge is 2.64. The molecule has 5 aliphatic heterocycles. The Kier molecular flexibility index (Phi) is 23.6. The number of epoxide rings is 1. The summed E-state index contributed by atoms with van der Waals surface area (Å²) in [6.07, 6.45) is 1.50. The van der Waals surface area contributed by atoms with Crippen LogP contribution in [0, 0.1) is 47.3 Å². The fourth-order valence-electron chi connectivity index (χ4n) is 12.2. The number of Topliss-reactive ketones (excluding diaryl/α,β-unsaturated/α-hetero) is 2. The van der Waals surface area contributed by atoms with Gasteiger partial charge in [0.1, 0.15) is 51.5 Å². The van der Waals surface area contributed by atoms with E-state index in [1.807, 2.05) is 32.1 Å². The zero-order chi connectivity index (χ0) is 67.5. The lowest BCUT2D eigenvalue weighted by atomic mass is 9.76. The number of ether oxygens (including phenoxy) is 5. The van der Waals surface area contributed by atoms with E-state index in [1.54, 1.807) is 80.7 Å². The van der Waals surface area contributed by atoms with Crippen LogP contribution in [0.3, 0.4) is 0 Å². The van der Waals surface area contributed by atoms with E-state index in [9.17, 15) is 69.6 Å². The molecule has 2 saturated heterocycles. The van der Waals surface area contributed by atoms with Gasteiger partial charge in [0.25, 0.3) is 5.91 Å². The van der Waals surface area contributed by atoms with Crippen molar-refractivity contribution in [1.82, 2.24) is 5.32 Å². The van der Waals surface area contributed by atoms with Gasteiger partial charge < -0.3 is 69.4 Å². The number of amides is 3. The van der Waals surface area contributed by atoms with Gasteiger partial charge in [-0.2, -0.15) is 0 Å². The molecule has 18 atom stereocenters. The number of methoxy groups -OCH3 is 2. The third-order valence-corrected chi connectivity index (χ3v) is 18.8. The Morgan fingerprint density at radius 3 is 2.02 bits per heavy atom. The van der Waals surface area contributed by atoms with Crippen molar-refractivity contribution in [3.63, 3.8) is 0 Å². The number of esters is 1. The van der Waals surface area contributed by atoms with Crippen LogP contribution in [0.4, 0.5) is 10.5 Å². The molecule has 22 nitrogen and oxygen atoms in total. The fourth-order valence-corrected chi connectivity index (χ4v) is 12.5. The molecule has 9 N–H and O–H groups in total. The number of anilines is 1. The summed E-state index contributed by atoms with van der Waals surface area (Å²) >= 11 is 6.68. The summed E-state index contributed by atoms with van der Waals surface area (Å²) in [5, 5.41) is 91.1. The summed E-state index contributed by atoms with van der Waals surface area (Å²) in [7, 11) is 4.56. The van der Waals surface area contributed by atoms with E-state index in [2.05, 4.69) is 10.3 Å². The highest BCUT2D eigenvalue weighted by molar-refractivity contribution is 6.46. The second kappa shape index (κ2) is 29.3. The smallest absolute Gasteiger partial charge is 0.409 e. The number of fused-ring (bicyclic) bond motifs is 20. The monoisotopic (exact) mass is 1280 g/mol. The van der Waals surface area contributed by atoms with Crippen molar-refractivity contribution in [2.45, 2.75) is 176 Å². The van der Waals surface area contributed by atoms with E-state index >= 15 is 0 Å². The highest BCUT2D eigenvalue weighted by Crippen LogP contribution is 2.49. The number of allylic oxidation sites excluding steroid dienone is 6. The Morgan fingerprint density at radius 2 is 1.42 bits per heavy atom. The van der Waals surface area contributed by atoms with Crippen LogP contribution in [0.15, 0.2) is 82.4 Å². The molecule has 2 aromatic rings. The van der Waals surface area contributed by atoms with Gasteiger partial charge in [-0.1, -0.05) is 122 Å². The van der Waals surface area contributed by atoms with Crippen LogP contribution in [0.5, 0.6) is 17.2 Å². The van der Waals surface area contributed by atoms with E-state index < -0.39 is 160 Å². The summed E-state index contributed by atoms with van der Waals surface area (Å²) in [6.45, 7) is 21.4. The Hall–Kier alpha value is -6.60. The Morgan fingerprint density at radius 1 is 0.822 bits per heavy atom. The summed E-state index contributed by atoms with van der Waals surface area (Å²) < 4.78 is 28.8. The number of carbonyl (C=O) groups excluding carboxylic acids is 6. The first-order valence-electron chi connectivity index (χ1n) is 30.3. The normalized spacial score (nSPS) is 36.6. The average Bonchev–Trinajstić information content (AvgIpc) is 1.37. The zero-order valence-electron chi connectivity index (χ0n) is 54.1. The van der Waals surface area contributed by atoms with Gasteiger partial charge in [-0.05, 0) is 57.4 Å². The van der Waals surface area contributed by atoms with Gasteiger partial charge in [-0.15, -0.1) is 0 Å². The molecule has 1 aliphatic carbocycles. The predicted molar refractivity (Wildman–Crippen MR) is 333 cm³/mol. The number of halogens is 1. The molecule has 2 aromatic carbocycles. The summed E-state index contributed by atoms with van der Waals surface area (Å²) in [6, 6.07) is 4.57. The Bertz CT molecular complexity index is 3370. The highest BCUT2D eigenvalue weighted by atomic mass is 35.5. The van der Waals surface area contributed by atoms with Crippen molar-refractivity contribution in [3.05, 3.63) is 104 Å². The van der Waals surface area contributed by atoms with E-state index in [4.69, 9.17) is 35.3 Å². The topological polar surface area (TPSA) is 341 Å². The van der Waals surface area contributed by atoms with Crippen molar-refractivity contribution >= 4 is 58.3 Å². The van der Waals surface area contributed by atoms with Crippen LogP contribution in [0.25, 0.3) is 5.57 Å². The van der Waals surface area contributed by atoms with Crippen molar-refractivity contribution in [1.29, 1.82) is 0 Å². The van der Waals surface area contributed by atoms with Crippen LogP contribution in [0.1, 0.15) is 120 Å². The maximum Gasteiger partial charge on any atom is 0.409 e. The van der Waals surface area contributed by atoms with Crippen LogP contribution in [-0.2, 0) is 49.3 Å². The molecule has 4 unspecified atom stereocenters. The van der Waals surface area contributed by atoms with E-state index in [0.717, 1.165) is 17.2 Å². The maximum atomic E-state index is 13.8. The van der Waals surface area contributed by atoms with E-state index in [-0.39, 0.29) is 51.1 Å². The van der Waals surface area contributed by atoms with Gasteiger partial charge in [-0.25, -0.2) is 9.79 Å². The fraction of sp³-hybridized carbons (Fsp3) is 0.567. The number of hydrogen-bond acceptors (Lipinski definition) is 19. The molecule has 494 valence electrons. The molecule has 5 heterocycles. The number of hydrogen-bond donors (Lipinski definition) is 9. The van der Waals surface area contributed by atoms with E-state index in [1.165, 1.54) is 58.1 Å². The third kappa shape index (κ3) is 15.5. The predicted octanol–water partition coefficient (Wildman–Crippen LogP) is 5.63. The number of nitrogens with zero attached hydrogens (tertiary/aromatic N) is 2. The SMILES string of the molecule is C/C1=C/C=C/[C@H](C)C(O)[C@@H](C)[C@@H](O)[C@@H](C)[C@H](O)[C@H](C)[C@@H](O)C(C)/C=C(/C)C(=O)C2=c3c(O)cc(c(O)c3C(O)C(C)C2=O)=NC1=O.COc1cc2cc(c1Cl)N(C)C(=O)C[C@H](OC(=O)C(C)C)[C@@]1(C)O[C@H]1[C@H](C)[C@@H]1C[C@@](O)(NC(=O)O1)[C@H](OC)/C=C/C=C(/C)C2. The first-order valence-corrected chi connectivity index (χ1v) is 30.7. The molecule has 90 heavy (non-hydrogen) atoms. The summed E-state index contributed by atoms with van der Waals surface area (Å²) in [5.74, 6) is -9.59. The average molecular weight is 1280 g/mol. The Balaban J connectivity index is 0.000000287. The quantitative estimate of drug-likeness (QED) is 0.102. The van der Waals surface area contributed by atoms with Crippen molar-refractivity contribution in [2.75, 3.05) is 26.2 Å². The molecule has 0 aromatic heterocycles. The Labute approximate surface area is 530 Å². The third-order valence-electron chi connectivity index (χ3n) is 18.4. The molecule has 23 heteroatoms. The van der Waals surface area contributed by atoms with E-state index in [0.29, 0.717) is 17.9 Å². The second-order valence-corrected chi connectivity index (χ2v) is 25.9. The van der Waals surface area contributed by atoms with Crippen molar-refractivity contribution in [2.24, 2.45) is 52.3 Å². The summed E-state index contributed by atoms with van der Waals surface area (Å²) in [4.78, 5) is 84.7. The number of phenolic OH excluding ortho intramolecular Hbond substituents is 2. The van der Waals surface area contributed by atoms with Crippen LogP contribution >= 0.6 is 11.6 Å². The van der Waals surface area contributed by atoms with Crippen molar-refractivity contribution < 1.29 is 93.3 Å². The lowest BCUT2D eigenvalue weighted by molar-refractivity contribution is -0.157. The van der Waals surface area contributed by atoms with Crippen LogP contribution in [0.2, 0.25) is 5.02 Å². The molecule has 0 saturated carbocycles. The number of carbonyl (C=O) groups is 6. The summed E-state index contributed by atoms with van der Waals surface area (Å²) in [5.41, 5.74) is -1.22. The van der Waals surface area contributed by atoms with Gasteiger partial charge >= 0.3 is 12.1 Å². The number of benzene rings is 2. The second-order valence-electron chi connectivity index (χ2n) is 25.5. The molecule has 8 bridgehead atoms. The standard InChI is InChI=1S/C35H47NO10.C32H43ClN2O9/c1-14-10-9-11-15(2)35(46)36-22-13-23(37)24-25(32(43)21(8)33(44)26(24)34(22)45)29(40)17(4)12-16(3)28(39)19(6)31(42)20(7)30(41)18(5)27(14)38;1-17(2)29(37)43-25-15-26(36)35(6)21-13-20(14-22(40-7)27(21)33)12-18(3)10-9-11-24(41-8)32(39)16-23(42-30(38)34-32)19(4)28-31(25,5)44-28/h9-14,16,18-21,27-28,30-31,33,37-39,41-42,44-45H,1-8H3;9-11,13-14,17,19,23-25,28,39H,12,15-16H2,1-8H3,(H,34,38)/b10-9+,15-11-,17-12-,36-22?;11-9+,18-10-/t14-,16?,18+,19+,20+,21?,27?,28-,30+,31+,33?;19-,23+,24-,25+,28+,31-,32+/m01/s1. The van der Waals surface area contributed by atoms with Gasteiger partial charge in [0.05, 0.1) is 73.3 Å². The number of rotatable bonds is 4. The minimum Gasteiger partial charge on any atom is -0.507 e. The molecule has 2 fully saturated rings. The minimum absolute atomic E-state index is 0.00361. The van der Waals surface area contributed by atoms with Gasteiger partial charge in [0.15, 0.2) is 17.3 Å². The molecular weight excluding hydrogens is 1190 g/mol. The molecule has 0 radical (unpaired) electrons. The van der Waals surface area contributed by atoms with Gasteiger partial charge in [0, 0.05) is 78.5 Å². The molecule has 6 aliphatic rings. The maximum absolute atomic E-state index is 13.8. The van der Waals surface area contributed by atoms with Gasteiger partial charge in [-0.3, -0.25) is 29.3 Å². The number of aromatic hydroxyl groups is 2. The molecular formula is C67H90ClN3O19. The molecule has 0 spiro atoms. The number of phenols is 2. The number of ketones is 2. The van der Waals surface area contributed by atoms with Crippen LogP contribution < -0.4 is 25.5 Å².